The minimum Gasteiger partial charge on any atom is -0.339 e. The van der Waals surface area contributed by atoms with Crippen molar-refractivity contribution >= 4 is 40.6 Å². The molecular formula is C30H44Cl2FN3O3S. The van der Waals surface area contributed by atoms with Gasteiger partial charge in [-0.3, -0.25) is 4.79 Å². The maximum atomic E-state index is 14.4. The average Bonchev–Trinajstić information content (AvgIpc) is 2.90. The number of rotatable bonds is 10. The molecule has 2 aromatic carbocycles. The van der Waals surface area contributed by atoms with Crippen molar-refractivity contribution in [3.8, 4) is 0 Å². The molecule has 2 aliphatic heterocycles. The third-order valence-corrected chi connectivity index (χ3v) is 9.53. The molecule has 4 rings (SSSR count). The summed E-state index contributed by atoms with van der Waals surface area (Å²) in [6.07, 6.45) is 6.72. The van der Waals surface area contributed by atoms with Gasteiger partial charge < -0.3 is 15.5 Å². The van der Waals surface area contributed by atoms with Gasteiger partial charge in [0.25, 0.3) is 0 Å². The van der Waals surface area contributed by atoms with Crippen molar-refractivity contribution in [1.82, 2.24) is 15.5 Å². The zero-order valence-corrected chi connectivity index (χ0v) is 25.9. The molecule has 2 aromatic rings. The van der Waals surface area contributed by atoms with Crippen molar-refractivity contribution in [1.29, 1.82) is 0 Å². The second kappa shape index (κ2) is 16.1. The first-order valence-electron chi connectivity index (χ1n) is 14.0. The Morgan fingerprint density at radius 3 is 2.33 bits per heavy atom. The van der Waals surface area contributed by atoms with Crippen LogP contribution in [0.3, 0.4) is 0 Å². The van der Waals surface area contributed by atoms with Crippen molar-refractivity contribution in [2.75, 3.05) is 39.0 Å². The van der Waals surface area contributed by atoms with Gasteiger partial charge in [-0.1, -0.05) is 24.3 Å². The molecule has 0 aliphatic carbocycles. The number of benzene rings is 2. The van der Waals surface area contributed by atoms with E-state index in [2.05, 4.69) is 10.6 Å². The van der Waals surface area contributed by atoms with Crippen LogP contribution >= 0.6 is 24.8 Å². The van der Waals surface area contributed by atoms with Crippen LogP contribution in [0.15, 0.2) is 53.4 Å². The number of piperidine rings is 2. The zero-order chi connectivity index (χ0) is 27.1. The van der Waals surface area contributed by atoms with E-state index in [-0.39, 0.29) is 65.7 Å². The van der Waals surface area contributed by atoms with E-state index in [4.69, 9.17) is 0 Å². The summed E-state index contributed by atoms with van der Waals surface area (Å²) in [5, 5.41) is 7.00. The lowest BCUT2D eigenvalue weighted by molar-refractivity contribution is -0.134. The standard InChI is InChI=1S/C30H42FN3O3S.2ClH/c1-3-34(30(35)19-23-7-10-26(11-8-23)38(2,36)37)29-15-18-33-21-28(29)27(24-5-4-6-25(31)20-24)12-9-22-13-16-32-17-14-22;;/h4-8,10-11,20,22,27-29,32-33H,3,9,12-19,21H2,1-2H3;2*1H. The Morgan fingerprint density at radius 2 is 1.70 bits per heavy atom. The van der Waals surface area contributed by atoms with Crippen molar-refractivity contribution in [3.05, 3.63) is 65.5 Å². The molecule has 0 bridgehead atoms. The Balaban J connectivity index is 0.00000280. The molecule has 2 heterocycles. The van der Waals surface area contributed by atoms with Crippen LogP contribution in [0.5, 0.6) is 0 Å². The van der Waals surface area contributed by atoms with E-state index >= 15 is 0 Å². The van der Waals surface area contributed by atoms with E-state index in [0.29, 0.717) is 12.5 Å². The number of halogens is 3. The van der Waals surface area contributed by atoms with Crippen molar-refractivity contribution < 1.29 is 17.6 Å². The molecule has 2 fully saturated rings. The van der Waals surface area contributed by atoms with Crippen molar-refractivity contribution in [3.63, 3.8) is 0 Å². The van der Waals surface area contributed by atoms with Crippen LogP contribution in [0, 0.1) is 17.7 Å². The molecular weight excluding hydrogens is 572 g/mol. The number of nitrogens with zero attached hydrogens (tertiary/aromatic N) is 1. The third kappa shape index (κ3) is 9.15. The number of sulfone groups is 1. The molecule has 3 unspecified atom stereocenters. The molecule has 2 saturated heterocycles. The van der Waals surface area contributed by atoms with E-state index in [1.165, 1.54) is 25.2 Å². The monoisotopic (exact) mass is 615 g/mol. The Hall–Kier alpha value is -1.71. The SMILES string of the molecule is CCN(C(=O)Cc1ccc(S(C)(=O)=O)cc1)C1CCNCC1C(CCC1CCNCC1)c1cccc(F)c1.Cl.Cl. The molecule has 2 N–H and O–H groups in total. The van der Waals surface area contributed by atoms with Gasteiger partial charge in [-0.2, -0.15) is 0 Å². The fourth-order valence-corrected chi connectivity index (χ4v) is 6.97. The van der Waals surface area contributed by atoms with Crippen molar-refractivity contribution in [2.45, 2.75) is 62.3 Å². The first-order valence-corrected chi connectivity index (χ1v) is 15.9. The van der Waals surface area contributed by atoms with Crippen LogP contribution in [0.4, 0.5) is 4.39 Å². The Kier molecular flexibility index (Phi) is 13.9. The van der Waals surface area contributed by atoms with Gasteiger partial charge in [0.05, 0.1) is 11.3 Å². The molecule has 0 spiro atoms. The highest BCUT2D eigenvalue weighted by Gasteiger charge is 2.37. The van der Waals surface area contributed by atoms with E-state index in [9.17, 15) is 17.6 Å². The number of amides is 1. The van der Waals surface area contributed by atoms with Gasteiger partial charge in [0.2, 0.25) is 5.91 Å². The molecule has 224 valence electrons. The molecule has 3 atom stereocenters. The zero-order valence-electron chi connectivity index (χ0n) is 23.5. The first-order chi connectivity index (χ1) is 18.3. The molecule has 0 radical (unpaired) electrons. The van der Waals surface area contributed by atoms with Gasteiger partial charge in [-0.05, 0) is 112 Å². The van der Waals surface area contributed by atoms with E-state index < -0.39 is 9.84 Å². The second-order valence-electron chi connectivity index (χ2n) is 10.9. The smallest absolute Gasteiger partial charge is 0.227 e. The normalized spacial score (nSPS) is 20.6. The lowest BCUT2D eigenvalue weighted by Crippen LogP contribution is -2.53. The summed E-state index contributed by atoms with van der Waals surface area (Å²) in [4.78, 5) is 15.9. The molecule has 40 heavy (non-hydrogen) atoms. The highest BCUT2D eigenvalue weighted by atomic mass is 35.5. The van der Waals surface area contributed by atoms with Crippen LogP contribution in [0.25, 0.3) is 0 Å². The summed E-state index contributed by atoms with van der Waals surface area (Å²) >= 11 is 0. The fraction of sp³-hybridized carbons (Fsp3) is 0.567. The highest BCUT2D eigenvalue weighted by molar-refractivity contribution is 7.90. The van der Waals surface area contributed by atoms with Gasteiger partial charge in [0.15, 0.2) is 9.84 Å². The topological polar surface area (TPSA) is 78.5 Å². The van der Waals surface area contributed by atoms with E-state index in [1.807, 2.05) is 17.9 Å². The highest BCUT2D eigenvalue weighted by Crippen LogP contribution is 2.38. The summed E-state index contributed by atoms with van der Waals surface area (Å²) in [5.74, 6) is 0.864. The number of carbonyl (C=O) groups is 1. The summed E-state index contributed by atoms with van der Waals surface area (Å²) in [5.41, 5.74) is 1.83. The van der Waals surface area contributed by atoms with Crippen LogP contribution in [0.2, 0.25) is 0 Å². The minimum atomic E-state index is -3.28. The molecule has 10 heteroatoms. The quantitative estimate of drug-likeness (QED) is 0.393. The van der Waals surface area contributed by atoms with Crippen LogP contribution in [0.1, 0.15) is 56.1 Å². The predicted molar refractivity (Wildman–Crippen MR) is 164 cm³/mol. The number of nitrogens with one attached hydrogen (secondary N) is 2. The first kappa shape index (κ1) is 34.5. The fourth-order valence-electron chi connectivity index (χ4n) is 6.34. The largest absolute Gasteiger partial charge is 0.339 e. The van der Waals surface area contributed by atoms with Crippen LogP contribution in [-0.2, 0) is 21.1 Å². The molecule has 0 saturated carbocycles. The number of hydrogen-bond acceptors (Lipinski definition) is 5. The number of hydrogen-bond donors (Lipinski definition) is 2. The maximum Gasteiger partial charge on any atom is 0.227 e. The Labute approximate surface area is 251 Å². The van der Waals surface area contributed by atoms with Gasteiger partial charge >= 0.3 is 0 Å². The van der Waals surface area contributed by atoms with E-state index in [0.717, 1.165) is 56.6 Å². The summed E-state index contributed by atoms with van der Waals surface area (Å²) in [6, 6.07) is 13.7. The van der Waals surface area contributed by atoms with Crippen LogP contribution in [-0.4, -0.2) is 64.2 Å². The summed E-state index contributed by atoms with van der Waals surface area (Å²) < 4.78 is 38.0. The third-order valence-electron chi connectivity index (χ3n) is 8.40. The molecule has 1 amide bonds. The minimum absolute atomic E-state index is 0. The number of likely N-dealkylation sites (N-methyl/N-ethyl adjacent to an activating group) is 1. The second-order valence-corrected chi connectivity index (χ2v) is 12.9. The lowest BCUT2D eigenvalue weighted by Gasteiger charge is -2.44. The van der Waals surface area contributed by atoms with Gasteiger partial charge in [-0.25, -0.2) is 12.8 Å². The molecule has 0 aromatic heterocycles. The lowest BCUT2D eigenvalue weighted by atomic mass is 9.74. The van der Waals surface area contributed by atoms with Gasteiger partial charge in [0, 0.05) is 25.4 Å². The molecule has 6 nitrogen and oxygen atoms in total. The predicted octanol–water partition coefficient (Wildman–Crippen LogP) is 5.01. The summed E-state index contributed by atoms with van der Waals surface area (Å²) in [7, 11) is -3.28. The van der Waals surface area contributed by atoms with E-state index in [1.54, 1.807) is 36.4 Å². The maximum absolute atomic E-state index is 14.4. The molecule has 2 aliphatic rings. The van der Waals surface area contributed by atoms with Gasteiger partial charge in [0.1, 0.15) is 5.82 Å². The summed E-state index contributed by atoms with van der Waals surface area (Å²) in [6.45, 7) is 6.39. The van der Waals surface area contributed by atoms with Crippen LogP contribution < -0.4 is 10.6 Å². The Bertz CT molecular complexity index is 1180. The average molecular weight is 617 g/mol. The van der Waals surface area contributed by atoms with Gasteiger partial charge in [-0.15, -0.1) is 24.8 Å². The Morgan fingerprint density at radius 1 is 1.02 bits per heavy atom. The van der Waals surface area contributed by atoms with Crippen molar-refractivity contribution in [2.24, 2.45) is 11.8 Å². The number of carbonyl (C=O) groups excluding carboxylic acids is 1.